The van der Waals surface area contributed by atoms with E-state index in [0.29, 0.717) is 5.56 Å². The molecule has 1 aromatic heterocycles. The highest BCUT2D eigenvalue weighted by atomic mass is 32.1. The Morgan fingerprint density at radius 2 is 1.80 bits per heavy atom. The molecule has 1 N–H and O–H groups in total. The Labute approximate surface area is 150 Å². The molecule has 25 heavy (non-hydrogen) atoms. The molecule has 1 amide bonds. The van der Waals surface area contributed by atoms with Gasteiger partial charge in [0.15, 0.2) is 0 Å². The molecule has 0 fully saturated rings. The second-order valence-electron chi connectivity index (χ2n) is 5.85. The molecule has 3 aromatic carbocycles. The van der Waals surface area contributed by atoms with Crippen LogP contribution in [0.4, 0.5) is 5.69 Å². The lowest BCUT2D eigenvalue weighted by Gasteiger charge is -2.08. The van der Waals surface area contributed by atoms with Crippen LogP contribution in [0, 0.1) is 6.92 Å². The standard InChI is InChI=1S/C21H16N2OS/c1-14-22-20(13-25-14)17-7-4-8-19(12-17)23-21(24)18-10-9-15-5-2-3-6-16(15)11-18/h2-13H,1H3,(H,23,24). The van der Waals surface area contributed by atoms with E-state index in [9.17, 15) is 4.79 Å². The maximum absolute atomic E-state index is 12.6. The van der Waals surface area contributed by atoms with Gasteiger partial charge < -0.3 is 5.32 Å². The average Bonchev–Trinajstić information content (AvgIpc) is 3.08. The molecular weight excluding hydrogens is 328 g/mol. The lowest BCUT2D eigenvalue weighted by molar-refractivity contribution is 0.102. The summed E-state index contributed by atoms with van der Waals surface area (Å²) in [6.07, 6.45) is 0. The fraction of sp³-hybridized carbons (Fsp3) is 0.0476. The van der Waals surface area contributed by atoms with E-state index < -0.39 is 0 Å². The highest BCUT2D eigenvalue weighted by molar-refractivity contribution is 7.09. The quantitative estimate of drug-likeness (QED) is 0.531. The van der Waals surface area contributed by atoms with Gasteiger partial charge >= 0.3 is 0 Å². The van der Waals surface area contributed by atoms with E-state index in [1.54, 1.807) is 11.3 Å². The van der Waals surface area contributed by atoms with Crippen LogP contribution in [0.15, 0.2) is 72.1 Å². The van der Waals surface area contributed by atoms with Crippen molar-refractivity contribution >= 4 is 33.7 Å². The number of amides is 1. The highest BCUT2D eigenvalue weighted by Crippen LogP contribution is 2.24. The summed E-state index contributed by atoms with van der Waals surface area (Å²) < 4.78 is 0. The number of carbonyl (C=O) groups is 1. The Balaban J connectivity index is 1.59. The highest BCUT2D eigenvalue weighted by Gasteiger charge is 2.08. The topological polar surface area (TPSA) is 42.0 Å². The maximum Gasteiger partial charge on any atom is 0.255 e. The normalized spacial score (nSPS) is 10.8. The second kappa shape index (κ2) is 6.49. The molecule has 4 rings (SSSR count). The lowest BCUT2D eigenvalue weighted by Crippen LogP contribution is -2.11. The van der Waals surface area contributed by atoms with E-state index in [1.165, 1.54) is 0 Å². The van der Waals surface area contributed by atoms with Crippen molar-refractivity contribution < 1.29 is 4.79 Å². The number of benzene rings is 3. The Kier molecular flexibility index (Phi) is 4.04. The number of thiazole rings is 1. The van der Waals surface area contributed by atoms with Crippen LogP contribution in [0.3, 0.4) is 0 Å². The predicted molar refractivity (Wildman–Crippen MR) is 104 cm³/mol. The number of rotatable bonds is 3. The maximum atomic E-state index is 12.6. The first-order chi connectivity index (χ1) is 12.2. The van der Waals surface area contributed by atoms with Crippen molar-refractivity contribution in [3.05, 3.63) is 82.7 Å². The predicted octanol–water partition coefficient (Wildman–Crippen LogP) is 5.52. The van der Waals surface area contributed by atoms with Gasteiger partial charge in [-0.3, -0.25) is 4.79 Å². The Morgan fingerprint density at radius 1 is 0.960 bits per heavy atom. The molecule has 4 aromatic rings. The molecule has 122 valence electrons. The molecule has 0 unspecified atom stereocenters. The van der Waals surface area contributed by atoms with Crippen LogP contribution in [-0.2, 0) is 0 Å². The van der Waals surface area contributed by atoms with Crippen molar-refractivity contribution in [1.82, 2.24) is 4.98 Å². The molecule has 3 nitrogen and oxygen atoms in total. The zero-order valence-electron chi connectivity index (χ0n) is 13.7. The van der Waals surface area contributed by atoms with E-state index >= 15 is 0 Å². The van der Waals surface area contributed by atoms with Gasteiger partial charge in [-0.25, -0.2) is 4.98 Å². The first kappa shape index (κ1) is 15.5. The van der Waals surface area contributed by atoms with Gasteiger partial charge in [0, 0.05) is 22.2 Å². The SMILES string of the molecule is Cc1nc(-c2cccc(NC(=O)c3ccc4ccccc4c3)c2)cs1. The molecule has 0 spiro atoms. The van der Waals surface area contributed by atoms with Crippen LogP contribution in [0.25, 0.3) is 22.0 Å². The first-order valence-electron chi connectivity index (χ1n) is 8.02. The number of aromatic nitrogens is 1. The van der Waals surface area contributed by atoms with Crippen LogP contribution >= 0.6 is 11.3 Å². The van der Waals surface area contributed by atoms with Gasteiger partial charge in [-0.1, -0.05) is 42.5 Å². The van der Waals surface area contributed by atoms with E-state index in [1.807, 2.05) is 79.0 Å². The minimum Gasteiger partial charge on any atom is -0.322 e. The Bertz CT molecular complexity index is 1070. The summed E-state index contributed by atoms with van der Waals surface area (Å²) in [5.41, 5.74) is 3.35. The van der Waals surface area contributed by atoms with E-state index in [4.69, 9.17) is 0 Å². The number of hydrogen-bond acceptors (Lipinski definition) is 3. The molecule has 0 atom stereocenters. The van der Waals surface area contributed by atoms with E-state index in [-0.39, 0.29) is 5.91 Å². The van der Waals surface area contributed by atoms with Gasteiger partial charge in [-0.2, -0.15) is 0 Å². The molecule has 0 aliphatic heterocycles. The average molecular weight is 344 g/mol. The molecule has 0 bridgehead atoms. The van der Waals surface area contributed by atoms with Crippen molar-refractivity contribution in [2.45, 2.75) is 6.92 Å². The minimum absolute atomic E-state index is 0.114. The van der Waals surface area contributed by atoms with Gasteiger partial charge in [0.25, 0.3) is 5.91 Å². The molecule has 0 aliphatic carbocycles. The van der Waals surface area contributed by atoms with Gasteiger partial charge in [0.05, 0.1) is 10.7 Å². The number of aryl methyl sites for hydroxylation is 1. The largest absolute Gasteiger partial charge is 0.322 e. The number of carbonyl (C=O) groups excluding carboxylic acids is 1. The van der Waals surface area contributed by atoms with Gasteiger partial charge in [0.2, 0.25) is 0 Å². The molecule has 4 heteroatoms. The third-order valence-corrected chi connectivity index (χ3v) is 4.82. The molecule has 0 radical (unpaired) electrons. The van der Waals surface area contributed by atoms with Crippen LogP contribution in [0.2, 0.25) is 0 Å². The molecule has 1 heterocycles. The summed E-state index contributed by atoms with van der Waals surface area (Å²) >= 11 is 1.62. The van der Waals surface area contributed by atoms with Gasteiger partial charge in [-0.05, 0) is 42.0 Å². The molecule has 0 saturated carbocycles. The van der Waals surface area contributed by atoms with Crippen LogP contribution in [0.5, 0.6) is 0 Å². The number of hydrogen-bond donors (Lipinski definition) is 1. The third-order valence-electron chi connectivity index (χ3n) is 4.05. The van der Waals surface area contributed by atoms with Crippen molar-refractivity contribution in [1.29, 1.82) is 0 Å². The Hall–Kier alpha value is -2.98. The second-order valence-corrected chi connectivity index (χ2v) is 6.91. The zero-order valence-corrected chi connectivity index (χ0v) is 14.5. The van der Waals surface area contributed by atoms with E-state index in [2.05, 4.69) is 10.3 Å². The molecule has 0 saturated heterocycles. The van der Waals surface area contributed by atoms with Crippen LogP contribution < -0.4 is 5.32 Å². The lowest BCUT2D eigenvalue weighted by atomic mass is 10.1. The van der Waals surface area contributed by atoms with E-state index in [0.717, 1.165) is 32.7 Å². The molecule has 0 aliphatic rings. The summed E-state index contributed by atoms with van der Waals surface area (Å²) in [6.45, 7) is 1.99. The third kappa shape index (κ3) is 3.30. The summed E-state index contributed by atoms with van der Waals surface area (Å²) in [6, 6.07) is 21.5. The van der Waals surface area contributed by atoms with Crippen molar-refractivity contribution in [2.24, 2.45) is 0 Å². The summed E-state index contributed by atoms with van der Waals surface area (Å²) in [7, 11) is 0. The van der Waals surface area contributed by atoms with Crippen molar-refractivity contribution in [3.63, 3.8) is 0 Å². The fourth-order valence-electron chi connectivity index (χ4n) is 2.79. The van der Waals surface area contributed by atoms with Crippen molar-refractivity contribution in [3.8, 4) is 11.3 Å². The monoisotopic (exact) mass is 344 g/mol. The van der Waals surface area contributed by atoms with Crippen LogP contribution in [0.1, 0.15) is 15.4 Å². The number of anilines is 1. The Morgan fingerprint density at radius 3 is 2.60 bits per heavy atom. The van der Waals surface area contributed by atoms with Crippen molar-refractivity contribution in [2.75, 3.05) is 5.32 Å². The van der Waals surface area contributed by atoms with Crippen LogP contribution in [-0.4, -0.2) is 10.9 Å². The fourth-order valence-corrected chi connectivity index (χ4v) is 3.41. The minimum atomic E-state index is -0.114. The number of fused-ring (bicyclic) bond motifs is 1. The summed E-state index contributed by atoms with van der Waals surface area (Å²) in [5.74, 6) is -0.114. The van der Waals surface area contributed by atoms with Gasteiger partial charge in [0.1, 0.15) is 0 Å². The summed E-state index contributed by atoms with van der Waals surface area (Å²) in [4.78, 5) is 17.1. The number of nitrogens with one attached hydrogen (secondary N) is 1. The zero-order chi connectivity index (χ0) is 17.2. The first-order valence-corrected chi connectivity index (χ1v) is 8.90. The number of nitrogens with zero attached hydrogens (tertiary/aromatic N) is 1. The summed E-state index contributed by atoms with van der Waals surface area (Å²) in [5, 5.41) is 8.21. The smallest absolute Gasteiger partial charge is 0.255 e. The molecular formula is C21H16N2OS. The van der Waals surface area contributed by atoms with Gasteiger partial charge in [-0.15, -0.1) is 11.3 Å².